The Morgan fingerprint density at radius 1 is 0.982 bits per heavy atom. The number of nitrogens with zero attached hydrogens (tertiary/aromatic N) is 9. The number of piperidine rings is 1. The van der Waals surface area contributed by atoms with Crippen molar-refractivity contribution in [2.75, 3.05) is 36.5 Å². The van der Waals surface area contributed by atoms with Gasteiger partial charge in [-0.1, -0.05) is 45.0 Å². The number of aliphatic hydroxyl groups is 1. The minimum atomic E-state index is -0.301. The highest BCUT2D eigenvalue weighted by Gasteiger charge is 2.31. The zero-order valence-electron chi connectivity index (χ0n) is 33.3. The molecule has 1 aromatic carbocycles. The molecule has 16 nitrogen and oxygen atoms in total. The van der Waals surface area contributed by atoms with Gasteiger partial charge < -0.3 is 25.2 Å². The Labute approximate surface area is 332 Å². The van der Waals surface area contributed by atoms with Crippen LogP contribution in [0.3, 0.4) is 0 Å². The molecule has 5 aromatic rings. The summed E-state index contributed by atoms with van der Waals surface area (Å²) in [4.78, 5) is 26.8. The van der Waals surface area contributed by atoms with Crippen LogP contribution in [-0.4, -0.2) is 100 Å². The first-order valence-electron chi connectivity index (χ1n) is 20.1. The number of likely N-dealkylation sites (tertiary alicyclic amines) is 1. The second kappa shape index (κ2) is 17.3. The molecule has 0 unspecified atom stereocenters. The van der Waals surface area contributed by atoms with Gasteiger partial charge >= 0.3 is 6.03 Å². The number of anilines is 2. The van der Waals surface area contributed by atoms with E-state index in [9.17, 15) is 9.90 Å². The van der Waals surface area contributed by atoms with Crippen molar-refractivity contribution in [1.82, 2.24) is 44.4 Å². The van der Waals surface area contributed by atoms with Gasteiger partial charge in [0, 0.05) is 36.7 Å². The summed E-state index contributed by atoms with van der Waals surface area (Å²) in [5, 5.41) is 41.5. The first-order valence-corrected chi connectivity index (χ1v) is 20.1. The van der Waals surface area contributed by atoms with E-state index in [0.717, 1.165) is 91.6 Å². The van der Waals surface area contributed by atoms with E-state index >= 15 is 0 Å². The van der Waals surface area contributed by atoms with E-state index in [0.29, 0.717) is 24.8 Å². The molecule has 2 fully saturated rings. The van der Waals surface area contributed by atoms with Crippen LogP contribution >= 0.6 is 0 Å². The summed E-state index contributed by atoms with van der Waals surface area (Å²) in [5.74, 6) is 2.19. The molecule has 2 amide bonds. The van der Waals surface area contributed by atoms with Crippen LogP contribution in [-0.2, 0) is 16.8 Å². The summed E-state index contributed by atoms with van der Waals surface area (Å²) in [7, 11) is 0. The molecule has 57 heavy (non-hydrogen) atoms. The molecular formula is C41H55N11O5. The number of ether oxygens (including phenoxy) is 1. The number of carbonyl (C=O) groups excluding carboxylic acids is 1. The summed E-state index contributed by atoms with van der Waals surface area (Å²) >= 11 is 0. The van der Waals surface area contributed by atoms with Crippen molar-refractivity contribution in [1.29, 1.82) is 0 Å². The molecule has 0 bridgehead atoms. The van der Waals surface area contributed by atoms with Gasteiger partial charge in [-0.25, -0.2) is 9.48 Å². The highest BCUT2D eigenvalue weighted by Crippen LogP contribution is 2.39. The van der Waals surface area contributed by atoms with E-state index < -0.39 is 0 Å². The molecule has 4 aromatic heterocycles. The highest BCUT2D eigenvalue weighted by molar-refractivity contribution is 5.89. The first kappa shape index (κ1) is 39.7. The number of aromatic nitrogens is 7. The maximum atomic E-state index is 13.7. The van der Waals surface area contributed by atoms with Crippen LogP contribution in [0.4, 0.5) is 16.6 Å². The van der Waals surface area contributed by atoms with E-state index in [4.69, 9.17) is 19.7 Å². The van der Waals surface area contributed by atoms with Crippen molar-refractivity contribution in [3.8, 4) is 11.4 Å². The minimum Gasteiger partial charge on any atom is -0.484 e. The maximum Gasteiger partial charge on any atom is 0.320 e. The summed E-state index contributed by atoms with van der Waals surface area (Å²) in [6.45, 7) is 12.0. The Bertz CT molecular complexity index is 2140. The van der Waals surface area contributed by atoms with E-state index in [1.165, 1.54) is 6.42 Å². The number of aliphatic hydroxyl groups excluding tert-OH is 1. The van der Waals surface area contributed by atoms with E-state index in [2.05, 4.69) is 75.6 Å². The van der Waals surface area contributed by atoms with Gasteiger partial charge in [0.25, 0.3) is 6.47 Å². The summed E-state index contributed by atoms with van der Waals surface area (Å²) in [6, 6.07) is 14.2. The number of fused-ring (bicyclic) bond motifs is 2. The molecule has 2 aliphatic heterocycles. The number of pyridine rings is 1. The molecule has 3 aliphatic rings. The van der Waals surface area contributed by atoms with Gasteiger partial charge in [0.1, 0.15) is 23.4 Å². The second-order valence-corrected chi connectivity index (χ2v) is 16.3. The number of nitrogens with one attached hydrogen (secondary N) is 2. The summed E-state index contributed by atoms with van der Waals surface area (Å²) in [5.41, 5.74) is 4.31. The predicted molar refractivity (Wildman–Crippen MR) is 216 cm³/mol. The predicted octanol–water partition coefficient (Wildman–Crippen LogP) is 5.72. The fourth-order valence-corrected chi connectivity index (χ4v) is 8.26. The van der Waals surface area contributed by atoms with Gasteiger partial charge in [0.2, 0.25) is 5.95 Å². The Kier molecular flexibility index (Phi) is 12.1. The molecule has 4 N–H and O–H groups in total. The number of carboxylic acid groups (broad SMARTS) is 1. The lowest BCUT2D eigenvalue weighted by Gasteiger charge is -2.33. The van der Waals surface area contributed by atoms with E-state index in [-0.39, 0.29) is 42.7 Å². The molecule has 0 radical (unpaired) electrons. The van der Waals surface area contributed by atoms with Crippen molar-refractivity contribution in [3.05, 3.63) is 77.9 Å². The first-order chi connectivity index (χ1) is 27.6. The zero-order chi connectivity index (χ0) is 40.1. The van der Waals surface area contributed by atoms with Gasteiger partial charge in [0.15, 0.2) is 5.65 Å². The molecule has 8 rings (SSSR count). The lowest BCUT2D eigenvalue weighted by atomic mass is 9.85. The van der Waals surface area contributed by atoms with Gasteiger partial charge in [-0.05, 0) is 81.7 Å². The van der Waals surface area contributed by atoms with Crippen LogP contribution in [0.25, 0.3) is 11.3 Å². The fraction of sp³-hybridized carbons (Fsp3) is 0.512. The molecule has 0 spiro atoms. The van der Waals surface area contributed by atoms with Crippen LogP contribution in [0.2, 0.25) is 0 Å². The molecule has 4 atom stereocenters. The Morgan fingerprint density at radius 3 is 2.56 bits per heavy atom. The number of urea groups is 1. The third kappa shape index (κ3) is 8.91. The number of amides is 2. The Hall–Kier alpha value is -5.48. The van der Waals surface area contributed by atoms with Crippen molar-refractivity contribution in [2.45, 2.75) is 109 Å². The Morgan fingerprint density at radius 2 is 1.79 bits per heavy atom. The smallest absolute Gasteiger partial charge is 0.320 e. The van der Waals surface area contributed by atoms with Crippen LogP contribution in [0.1, 0.15) is 102 Å². The second-order valence-electron chi connectivity index (χ2n) is 16.3. The SMILES string of the molecule is C[C@H]1CCCCN1c1nnc2ccc(O[C@@H]3CC[C@H](NC(=O)Nc4cc(C(C)(C)C)nn4-c4cnn(CCN5CCC[C@H]5CO)c4)c4ccccc43)cn12.O=CO. The molecule has 0 saturated carbocycles. The lowest BCUT2D eigenvalue weighted by Crippen LogP contribution is -2.38. The van der Waals surface area contributed by atoms with Crippen LogP contribution in [0.15, 0.2) is 61.1 Å². The van der Waals surface area contributed by atoms with E-state index in [1.807, 2.05) is 51.8 Å². The minimum absolute atomic E-state index is 0.166. The van der Waals surface area contributed by atoms with Crippen molar-refractivity contribution >= 4 is 29.9 Å². The number of rotatable bonds is 10. The average molecular weight is 782 g/mol. The van der Waals surface area contributed by atoms with Gasteiger partial charge in [-0.3, -0.25) is 24.1 Å². The van der Waals surface area contributed by atoms with Crippen LogP contribution in [0.5, 0.6) is 5.75 Å². The van der Waals surface area contributed by atoms with E-state index in [1.54, 1.807) is 10.9 Å². The topological polar surface area (TPSA) is 180 Å². The third-order valence-electron chi connectivity index (χ3n) is 11.3. The van der Waals surface area contributed by atoms with Gasteiger partial charge in [0.05, 0.1) is 43.5 Å². The zero-order valence-corrected chi connectivity index (χ0v) is 33.3. The molecule has 2 saturated heterocycles. The maximum absolute atomic E-state index is 13.7. The van der Waals surface area contributed by atoms with Crippen molar-refractivity contribution < 1.29 is 24.5 Å². The van der Waals surface area contributed by atoms with Gasteiger partial charge in [-0.2, -0.15) is 10.2 Å². The lowest BCUT2D eigenvalue weighted by molar-refractivity contribution is -0.122. The quantitative estimate of drug-likeness (QED) is 0.127. The molecule has 16 heteroatoms. The molecular weight excluding hydrogens is 727 g/mol. The fourth-order valence-electron chi connectivity index (χ4n) is 8.26. The summed E-state index contributed by atoms with van der Waals surface area (Å²) in [6.07, 6.45) is 12.7. The number of benzene rings is 1. The van der Waals surface area contributed by atoms with Gasteiger partial charge in [-0.15, -0.1) is 10.2 Å². The largest absolute Gasteiger partial charge is 0.484 e. The highest BCUT2D eigenvalue weighted by atomic mass is 16.5. The number of hydrogen-bond acceptors (Lipinski definition) is 10. The third-order valence-corrected chi connectivity index (χ3v) is 11.3. The van der Waals surface area contributed by atoms with Crippen molar-refractivity contribution in [2.24, 2.45) is 0 Å². The number of hydrogen-bond donors (Lipinski definition) is 4. The van der Waals surface area contributed by atoms with Crippen LogP contribution in [0, 0.1) is 0 Å². The summed E-state index contributed by atoms with van der Waals surface area (Å²) < 4.78 is 12.4. The normalized spacial score (nSPS) is 21.1. The molecule has 1 aliphatic carbocycles. The Balaban J connectivity index is 0.00000160. The monoisotopic (exact) mass is 781 g/mol. The number of carbonyl (C=O) groups is 2. The average Bonchev–Trinajstić information content (AvgIpc) is 4.02. The molecule has 304 valence electrons. The van der Waals surface area contributed by atoms with Crippen LogP contribution < -0.4 is 20.3 Å². The standard InChI is InChI=1S/C40H53N11O3.CH2O2/c1-27-10-7-8-19-49(27)39-45-44-36-17-14-30(25-50(36)39)54-34-16-15-33(31-12-5-6-13-32(31)34)42-38(53)43-37-22-35(40(2,3)4)46-51(37)29-23-41-48(24-29)21-20-47-18-9-11-28(47)26-52;2-1-3/h5-6,12-14,17,22-25,27-28,33-34,52H,7-11,15-16,18-21,26H2,1-4H3,(H2,42,43,53);1H,(H,2,3)/t27-,28-,33-,34+;/m0./s1. The molecule has 6 heterocycles. The van der Waals surface area contributed by atoms with Crippen molar-refractivity contribution in [3.63, 3.8) is 0 Å².